The number of amides is 1. The minimum absolute atomic E-state index is 0.00450. The molecule has 1 atom stereocenters. The molecule has 6 aromatic rings. The number of carbonyl (C=O) groups excluding carboxylic acids is 1. The Morgan fingerprint density at radius 3 is 2.11 bits per heavy atom. The van der Waals surface area contributed by atoms with E-state index in [2.05, 4.69) is 27.7 Å². The first-order valence-corrected chi connectivity index (χ1v) is 23.0. The number of phenols is 1. The molecule has 0 spiro atoms. The Bertz CT molecular complexity index is 2570. The Morgan fingerprint density at radius 2 is 1.43 bits per heavy atom. The molecule has 1 amide bonds. The number of ether oxygens (including phenoxy) is 1. The number of anilines is 2. The number of hydrazine groups is 1. The van der Waals surface area contributed by atoms with Gasteiger partial charge in [0, 0.05) is 16.0 Å². The van der Waals surface area contributed by atoms with Gasteiger partial charge in [-0.15, -0.1) is 10.2 Å². The average Bonchev–Trinajstić information content (AvgIpc) is 3.56. The number of hydrogen-bond acceptors (Lipinski definition) is 7. The van der Waals surface area contributed by atoms with E-state index in [0.29, 0.717) is 29.1 Å². The van der Waals surface area contributed by atoms with E-state index in [1.165, 1.54) is 55.7 Å². The number of carbonyl (C=O) groups is 1. The Kier molecular flexibility index (Phi) is 16.6. The van der Waals surface area contributed by atoms with Gasteiger partial charge in [-0.3, -0.25) is 20.1 Å². The third kappa shape index (κ3) is 12.2. The summed E-state index contributed by atoms with van der Waals surface area (Å²) in [6.45, 7) is 8.21. The van der Waals surface area contributed by atoms with Crippen molar-refractivity contribution >= 4 is 86.0 Å². The van der Waals surface area contributed by atoms with E-state index in [9.17, 15) is 14.7 Å². The molecule has 3 N–H and O–H groups in total. The predicted octanol–water partition coefficient (Wildman–Crippen LogP) is 15.3. The van der Waals surface area contributed by atoms with Gasteiger partial charge in [0.15, 0.2) is 17.6 Å². The van der Waals surface area contributed by atoms with Gasteiger partial charge in [-0.2, -0.15) is 0 Å². The van der Waals surface area contributed by atoms with Crippen LogP contribution in [0.5, 0.6) is 11.5 Å². The lowest BCUT2D eigenvalue weighted by Crippen LogP contribution is -2.47. The zero-order valence-corrected chi connectivity index (χ0v) is 39.1. The number of benzene rings is 5. The molecule has 63 heavy (non-hydrogen) atoms. The molecule has 5 aromatic carbocycles. The lowest BCUT2D eigenvalue weighted by Gasteiger charge is -2.28. The van der Waals surface area contributed by atoms with Gasteiger partial charge < -0.3 is 9.84 Å². The van der Waals surface area contributed by atoms with Crippen LogP contribution in [0.1, 0.15) is 104 Å². The lowest BCUT2D eigenvalue weighted by molar-refractivity contribution is -0.128. The van der Waals surface area contributed by atoms with Crippen molar-refractivity contribution in [2.45, 2.75) is 110 Å². The zero-order chi connectivity index (χ0) is 45.1. The summed E-state index contributed by atoms with van der Waals surface area (Å²) in [6.07, 6.45) is 10.6. The standard InChI is InChI=1S/C49H54Cl4N6O4/c1-5-6-7-8-9-10-11-12-13-14-26-43(63-34-27-28-42(60)36(31-34)49(2,3)4)47(61)57-58(41-25-18-17-23-37(41)51)46-44(55-54-40-24-19-21-32-20-15-16-22-35(32)40)48(62)59(56-46)45-38(52)29-33(50)30-39(45)53/h15-25,27-31,43,56,60H,5-14,26H2,1-4H3,(H,57,61). The number of halogens is 4. The molecule has 1 heterocycles. The number of nitrogens with zero attached hydrogens (tertiary/aromatic N) is 4. The van der Waals surface area contributed by atoms with Gasteiger partial charge in [0.1, 0.15) is 17.2 Å². The lowest BCUT2D eigenvalue weighted by atomic mass is 9.86. The molecule has 0 aliphatic carbocycles. The Balaban J connectivity index is 1.40. The minimum atomic E-state index is -1.00. The molecule has 0 saturated carbocycles. The fourth-order valence-corrected chi connectivity index (χ4v) is 8.64. The number of rotatable bonds is 20. The second-order valence-corrected chi connectivity index (χ2v) is 18.3. The third-order valence-electron chi connectivity index (χ3n) is 10.8. The van der Waals surface area contributed by atoms with Crippen LogP contribution in [0.4, 0.5) is 22.9 Å². The summed E-state index contributed by atoms with van der Waals surface area (Å²) in [5, 5.41) is 26.8. The Morgan fingerprint density at radius 1 is 0.794 bits per heavy atom. The molecular formula is C49H54Cl4N6O4. The van der Waals surface area contributed by atoms with Gasteiger partial charge in [-0.25, -0.2) is 9.69 Å². The van der Waals surface area contributed by atoms with E-state index >= 15 is 0 Å². The molecule has 1 aromatic heterocycles. The smallest absolute Gasteiger partial charge is 0.301 e. The molecule has 0 aliphatic rings. The molecular weight excluding hydrogens is 878 g/mol. The number of H-pyrrole nitrogens is 1. The fraction of sp³-hybridized carbons (Fsp3) is 0.347. The van der Waals surface area contributed by atoms with E-state index in [-0.39, 0.29) is 43.0 Å². The molecule has 0 saturated heterocycles. The van der Waals surface area contributed by atoms with Gasteiger partial charge in [0.25, 0.3) is 5.91 Å². The van der Waals surface area contributed by atoms with Crippen molar-refractivity contribution < 1.29 is 14.6 Å². The Labute approximate surface area is 389 Å². The maximum Gasteiger partial charge on any atom is 0.301 e. The van der Waals surface area contributed by atoms with Crippen molar-refractivity contribution in [3.8, 4) is 17.2 Å². The number of aromatic hydroxyl groups is 1. The van der Waals surface area contributed by atoms with Gasteiger partial charge in [-0.05, 0) is 72.2 Å². The van der Waals surface area contributed by atoms with Gasteiger partial charge in [-0.1, -0.05) is 180 Å². The molecule has 0 fully saturated rings. The van der Waals surface area contributed by atoms with Crippen LogP contribution in [0.15, 0.2) is 112 Å². The maximum absolute atomic E-state index is 14.8. The van der Waals surface area contributed by atoms with Crippen molar-refractivity contribution in [1.82, 2.24) is 15.2 Å². The molecule has 0 aliphatic heterocycles. The molecule has 0 radical (unpaired) electrons. The van der Waals surface area contributed by atoms with Crippen LogP contribution in [0.2, 0.25) is 20.1 Å². The first kappa shape index (κ1) is 47.5. The number of fused-ring (bicyclic) bond motifs is 1. The third-order valence-corrected chi connectivity index (χ3v) is 11.9. The fourth-order valence-electron chi connectivity index (χ4n) is 7.43. The Hall–Kier alpha value is -5.00. The summed E-state index contributed by atoms with van der Waals surface area (Å²) in [5.74, 6) is 0.0367. The summed E-state index contributed by atoms with van der Waals surface area (Å²) in [5.41, 5.74) is 3.36. The topological polar surface area (TPSA) is 124 Å². The van der Waals surface area contributed by atoms with Crippen LogP contribution in [0.25, 0.3) is 16.5 Å². The summed E-state index contributed by atoms with van der Waals surface area (Å²) >= 11 is 26.5. The molecule has 10 nitrogen and oxygen atoms in total. The van der Waals surface area contributed by atoms with E-state index < -0.39 is 23.0 Å². The molecule has 1 unspecified atom stereocenters. The molecule has 332 valence electrons. The average molecular weight is 933 g/mol. The van der Waals surface area contributed by atoms with Crippen LogP contribution in [0, 0.1) is 0 Å². The van der Waals surface area contributed by atoms with Crippen LogP contribution in [0.3, 0.4) is 0 Å². The second-order valence-electron chi connectivity index (χ2n) is 16.6. The van der Waals surface area contributed by atoms with E-state index in [1.54, 1.807) is 48.5 Å². The van der Waals surface area contributed by atoms with Crippen molar-refractivity contribution in [3.05, 3.63) is 133 Å². The summed E-state index contributed by atoms with van der Waals surface area (Å²) < 4.78 is 7.65. The number of nitrogens with one attached hydrogen (secondary N) is 2. The zero-order valence-electron chi connectivity index (χ0n) is 36.1. The first-order valence-electron chi connectivity index (χ1n) is 21.5. The second kappa shape index (κ2) is 22.1. The monoisotopic (exact) mass is 930 g/mol. The van der Waals surface area contributed by atoms with Crippen LogP contribution in [-0.4, -0.2) is 26.9 Å². The summed E-state index contributed by atoms with van der Waals surface area (Å²) in [6, 6.07) is 28.1. The highest BCUT2D eigenvalue weighted by Crippen LogP contribution is 2.39. The normalized spacial score (nSPS) is 12.3. The van der Waals surface area contributed by atoms with Crippen LogP contribution >= 0.6 is 46.4 Å². The quantitative estimate of drug-likeness (QED) is 0.0399. The van der Waals surface area contributed by atoms with Crippen molar-refractivity contribution in [3.63, 3.8) is 0 Å². The van der Waals surface area contributed by atoms with Crippen molar-refractivity contribution in [2.24, 2.45) is 10.2 Å². The highest BCUT2D eigenvalue weighted by molar-refractivity contribution is 6.40. The van der Waals surface area contributed by atoms with Gasteiger partial charge >= 0.3 is 5.56 Å². The molecule has 14 heteroatoms. The predicted molar refractivity (Wildman–Crippen MR) is 259 cm³/mol. The van der Waals surface area contributed by atoms with Crippen molar-refractivity contribution in [1.29, 1.82) is 0 Å². The van der Waals surface area contributed by atoms with Gasteiger partial charge in [0.2, 0.25) is 0 Å². The van der Waals surface area contributed by atoms with Gasteiger partial charge in [0.05, 0.1) is 26.4 Å². The number of para-hydroxylation sites is 1. The highest BCUT2D eigenvalue weighted by atomic mass is 35.5. The maximum atomic E-state index is 14.8. The number of aromatic amines is 1. The molecule has 0 bridgehead atoms. The van der Waals surface area contributed by atoms with Crippen LogP contribution < -0.4 is 20.7 Å². The number of azo groups is 1. The first-order chi connectivity index (χ1) is 30.3. The van der Waals surface area contributed by atoms with E-state index in [1.807, 2.05) is 57.2 Å². The molecule has 6 rings (SSSR count). The van der Waals surface area contributed by atoms with Crippen LogP contribution in [-0.2, 0) is 10.2 Å². The van der Waals surface area contributed by atoms with E-state index in [0.717, 1.165) is 41.1 Å². The number of aromatic nitrogens is 2. The van der Waals surface area contributed by atoms with Crippen molar-refractivity contribution in [2.75, 3.05) is 5.01 Å². The minimum Gasteiger partial charge on any atom is -0.508 e. The highest BCUT2D eigenvalue weighted by Gasteiger charge is 2.30. The summed E-state index contributed by atoms with van der Waals surface area (Å²) in [7, 11) is 0. The number of hydrogen-bond donors (Lipinski definition) is 3. The SMILES string of the molecule is CCCCCCCCCCCCC(Oc1ccc(O)c(C(C)(C)C)c1)C(=O)NN(c1ccccc1Cl)c1[nH]n(-c2c(Cl)cc(Cl)cc2Cl)c(=O)c1N=Nc1cccc2ccccc12. The number of unbranched alkanes of at least 4 members (excludes halogenated alkanes) is 9. The largest absolute Gasteiger partial charge is 0.508 e. The van der Waals surface area contributed by atoms with E-state index in [4.69, 9.17) is 51.1 Å². The number of phenolic OH excluding ortho intramolecular Hbond substituents is 1. The summed E-state index contributed by atoms with van der Waals surface area (Å²) in [4.78, 5) is 29.4.